The first-order valence-corrected chi connectivity index (χ1v) is 13.4. The van der Waals surface area contributed by atoms with Gasteiger partial charge in [0.25, 0.3) is 0 Å². The van der Waals surface area contributed by atoms with Gasteiger partial charge in [-0.15, -0.1) is 0 Å². The predicted octanol–water partition coefficient (Wildman–Crippen LogP) is 4.41. The van der Waals surface area contributed by atoms with Crippen molar-refractivity contribution in [2.45, 2.75) is 97.2 Å². The Hall–Kier alpha value is -2.19. The van der Waals surface area contributed by atoms with Crippen molar-refractivity contribution in [3.63, 3.8) is 0 Å². The predicted molar refractivity (Wildman–Crippen MR) is 130 cm³/mol. The van der Waals surface area contributed by atoms with E-state index >= 15 is 0 Å². The van der Waals surface area contributed by atoms with E-state index in [0.29, 0.717) is 12.8 Å². The smallest absolute Gasteiger partial charge is 0.339 e. The van der Waals surface area contributed by atoms with Gasteiger partial charge in [0.2, 0.25) is 0 Å². The molecule has 2 saturated heterocycles. The van der Waals surface area contributed by atoms with E-state index in [9.17, 15) is 14.4 Å². The molecule has 0 amide bonds. The van der Waals surface area contributed by atoms with Crippen molar-refractivity contribution in [1.29, 1.82) is 0 Å². The highest BCUT2D eigenvalue weighted by atomic mass is 16.7. The summed E-state index contributed by atoms with van der Waals surface area (Å²) in [7, 11) is 1.68. The third-order valence-electron chi connectivity index (χ3n) is 11.7. The Balaban J connectivity index is 1.56. The van der Waals surface area contributed by atoms with Gasteiger partial charge in [-0.2, -0.15) is 0 Å². The monoisotopic (exact) mass is 514 g/mol. The number of rotatable bonds is 3. The van der Waals surface area contributed by atoms with Crippen molar-refractivity contribution in [2.24, 2.45) is 33.5 Å². The Labute approximate surface area is 217 Å². The molecule has 0 aromatic carbocycles. The average molecular weight is 515 g/mol. The van der Waals surface area contributed by atoms with Gasteiger partial charge < -0.3 is 23.4 Å². The second-order valence-corrected chi connectivity index (χ2v) is 13.2. The highest BCUT2D eigenvalue weighted by Gasteiger charge is 2.89. The van der Waals surface area contributed by atoms with Crippen LogP contribution in [0.4, 0.5) is 0 Å². The summed E-state index contributed by atoms with van der Waals surface area (Å²) in [6.45, 7) is 12.0. The number of ketones is 1. The Bertz CT molecular complexity index is 1160. The zero-order chi connectivity index (χ0) is 26.8. The van der Waals surface area contributed by atoms with E-state index in [1.54, 1.807) is 19.6 Å². The summed E-state index contributed by atoms with van der Waals surface area (Å²) in [5.41, 5.74) is -2.36. The van der Waals surface area contributed by atoms with Gasteiger partial charge in [0.1, 0.15) is 23.6 Å². The number of ether oxygens (including phenoxy) is 4. The first-order valence-electron chi connectivity index (χ1n) is 13.4. The van der Waals surface area contributed by atoms with Crippen LogP contribution in [0.5, 0.6) is 0 Å². The molecule has 0 N–H and O–H groups in total. The van der Waals surface area contributed by atoms with Crippen LogP contribution in [0.3, 0.4) is 0 Å². The van der Waals surface area contributed by atoms with Crippen LogP contribution in [0.15, 0.2) is 23.0 Å². The van der Waals surface area contributed by atoms with E-state index in [-0.39, 0.29) is 35.7 Å². The minimum absolute atomic E-state index is 0.0191. The molecular weight excluding hydrogens is 476 g/mol. The van der Waals surface area contributed by atoms with E-state index in [2.05, 4.69) is 20.8 Å². The molecule has 0 unspecified atom stereocenters. The largest absolute Gasteiger partial charge is 0.472 e. The first-order chi connectivity index (χ1) is 17.3. The third-order valence-corrected chi connectivity index (χ3v) is 11.7. The molecule has 1 spiro atoms. The normalized spacial score (nSPS) is 49.6. The summed E-state index contributed by atoms with van der Waals surface area (Å²) in [6, 6.07) is 1.84. The van der Waals surface area contributed by atoms with Gasteiger partial charge in [0.05, 0.1) is 18.6 Å². The molecule has 3 heterocycles. The quantitative estimate of drug-likeness (QED) is 0.432. The lowest BCUT2D eigenvalue weighted by Crippen LogP contribution is -2.75. The topological polar surface area (TPSA) is 105 Å². The maximum Gasteiger partial charge on any atom is 0.339 e. The van der Waals surface area contributed by atoms with Crippen molar-refractivity contribution in [2.75, 3.05) is 7.11 Å². The summed E-state index contributed by atoms with van der Waals surface area (Å²) >= 11 is 0. The van der Waals surface area contributed by atoms with Gasteiger partial charge in [-0.3, -0.25) is 9.59 Å². The van der Waals surface area contributed by atoms with E-state index in [1.807, 2.05) is 19.9 Å². The summed E-state index contributed by atoms with van der Waals surface area (Å²) < 4.78 is 30.2. The van der Waals surface area contributed by atoms with Crippen LogP contribution in [-0.4, -0.2) is 48.7 Å². The van der Waals surface area contributed by atoms with Crippen molar-refractivity contribution in [3.05, 3.63) is 24.2 Å². The zero-order valence-corrected chi connectivity index (χ0v) is 22.8. The molecule has 8 nitrogen and oxygen atoms in total. The molecule has 5 fully saturated rings. The van der Waals surface area contributed by atoms with Crippen molar-refractivity contribution >= 4 is 17.7 Å². The van der Waals surface area contributed by atoms with E-state index in [4.69, 9.17) is 23.4 Å². The van der Waals surface area contributed by atoms with Crippen molar-refractivity contribution in [3.8, 4) is 0 Å². The number of fused-ring (bicyclic) bond motifs is 3. The lowest BCUT2D eigenvalue weighted by molar-refractivity contribution is -0.281. The standard InChI is InChI=1S/C29H38O8/c1-15(30)35-21-12-18-25(2,3)19(31)13-20(33-7)27(18,5)17-8-10-26(4)22(16-9-11-34-14-16)36-24(32)23-29(26,37-23)28(17,21)6/h9,11,14,17-18,20-23H,8,10,12-13H2,1-7H3/t17-,18+,20-,21+,22-,23+,26-,27-,28+,29+/m0/s1. The summed E-state index contributed by atoms with van der Waals surface area (Å²) in [5, 5.41) is 0. The van der Waals surface area contributed by atoms with E-state index in [1.165, 1.54) is 6.92 Å². The first kappa shape index (κ1) is 25.1. The SMILES string of the molecule is CO[C@H]1CC(=O)C(C)(C)[C@H]2C[C@@H](OC(C)=O)[C@@]3(C)[C@@H](CC[C@@]4(C)[C@H](c5ccoc5)OC(=O)[C@H]5O[C@@]534)[C@]12C. The average Bonchev–Trinajstić information content (AvgIpc) is 3.40. The van der Waals surface area contributed by atoms with Crippen LogP contribution in [0.1, 0.15) is 78.9 Å². The number of epoxide rings is 1. The lowest BCUT2D eigenvalue weighted by Gasteiger charge is -2.70. The maximum absolute atomic E-state index is 13.4. The van der Waals surface area contributed by atoms with Crippen LogP contribution in [0, 0.1) is 33.5 Å². The molecular formula is C29H38O8. The number of carbonyl (C=O) groups excluding carboxylic acids is 3. The molecule has 5 aliphatic rings. The summed E-state index contributed by atoms with van der Waals surface area (Å²) in [4.78, 5) is 39.2. The Morgan fingerprint density at radius 2 is 1.78 bits per heavy atom. The Morgan fingerprint density at radius 1 is 1.05 bits per heavy atom. The van der Waals surface area contributed by atoms with E-state index in [0.717, 1.165) is 18.4 Å². The fourth-order valence-corrected chi connectivity index (χ4v) is 9.96. The minimum Gasteiger partial charge on any atom is -0.472 e. The second kappa shape index (κ2) is 7.47. The maximum atomic E-state index is 13.4. The van der Waals surface area contributed by atoms with Gasteiger partial charge >= 0.3 is 11.9 Å². The molecule has 0 radical (unpaired) electrons. The second-order valence-electron chi connectivity index (χ2n) is 13.2. The summed E-state index contributed by atoms with van der Waals surface area (Å²) in [6.07, 6.45) is 3.52. The molecule has 6 rings (SSSR count). The molecule has 8 heteroatoms. The lowest BCUT2D eigenvalue weighted by atomic mass is 9.34. The van der Waals surface area contributed by atoms with Crippen LogP contribution in [-0.2, 0) is 33.3 Å². The van der Waals surface area contributed by atoms with Gasteiger partial charge in [0, 0.05) is 47.7 Å². The van der Waals surface area contributed by atoms with Gasteiger partial charge in [-0.25, -0.2) is 4.79 Å². The van der Waals surface area contributed by atoms with Crippen LogP contribution < -0.4 is 0 Å². The number of furan rings is 1. The molecule has 37 heavy (non-hydrogen) atoms. The van der Waals surface area contributed by atoms with Crippen LogP contribution >= 0.6 is 0 Å². The van der Waals surface area contributed by atoms with Crippen LogP contribution in [0.25, 0.3) is 0 Å². The number of hydrogen-bond acceptors (Lipinski definition) is 8. The summed E-state index contributed by atoms with van der Waals surface area (Å²) in [5.74, 6) is -0.668. The molecule has 2 aliphatic heterocycles. The van der Waals surface area contributed by atoms with Gasteiger partial charge in [0.15, 0.2) is 6.10 Å². The number of cyclic esters (lactones) is 1. The fraction of sp³-hybridized carbons (Fsp3) is 0.759. The van der Waals surface area contributed by atoms with Crippen LogP contribution in [0.2, 0.25) is 0 Å². The number of Topliss-reactive ketones (excluding diaryl/α,β-unsaturated/α-hetero) is 1. The zero-order valence-electron chi connectivity index (χ0n) is 22.8. The molecule has 1 aromatic rings. The van der Waals surface area contributed by atoms with Gasteiger partial charge in [-0.1, -0.05) is 34.6 Å². The van der Waals surface area contributed by atoms with Crippen molar-refractivity contribution in [1.82, 2.24) is 0 Å². The minimum atomic E-state index is -0.891. The van der Waals surface area contributed by atoms with Crippen molar-refractivity contribution < 1.29 is 37.7 Å². The number of methoxy groups -OCH3 is 1. The Kier molecular flexibility index (Phi) is 5.07. The highest BCUT2D eigenvalue weighted by molar-refractivity contribution is 5.86. The molecule has 10 atom stereocenters. The van der Waals surface area contributed by atoms with E-state index < -0.39 is 45.6 Å². The molecule has 0 bridgehead atoms. The van der Waals surface area contributed by atoms with Gasteiger partial charge in [-0.05, 0) is 37.2 Å². The number of carbonyl (C=O) groups is 3. The molecule has 3 saturated carbocycles. The third kappa shape index (κ3) is 2.74. The molecule has 3 aliphatic carbocycles. The highest BCUT2D eigenvalue weighted by Crippen LogP contribution is 2.80. The fourth-order valence-electron chi connectivity index (χ4n) is 9.96. The number of esters is 2. The molecule has 202 valence electrons. The Morgan fingerprint density at radius 3 is 2.41 bits per heavy atom. The number of hydrogen-bond donors (Lipinski definition) is 0. The molecule has 1 aromatic heterocycles.